The summed E-state index contributed by atoms with van der Waals surface area (Å²) in [5.41, 5.74) is 3.08. The molecule has 4 rings (SSSR count). The van der Waals surface area contributed by atoms with Crippen LogP contribution in [-0.2, 0) is 19.0 Å². The Kier molecular flexibility index (Phi) is 5.01. The molecular weight excluding hydrogens is 398 g/mol. The van der Waals surface area contributed by atoms with Crippen LogP contribution in [-0.4, -0.2) is 22.4 Å². The summed E-state index contributed by atoms with van der Waals surface area (Å²) in [6.45, 7) is 2.28. The summed E-state index contributed by atoms with van der Waals surface area (Å²) in [6, 6.07) is 5.92. The van der Waals surface area contributed by atoms with E-state index >= 15 is 0 Å². The molecule has 0 atom stereocenters. The van der Waals surface area contributed by atoms with Crippen LogP contribution in [0.25, 0.3) is 11.4 Å². The highest BCUT2D eigenvalue weighted by atomic mass is 19.4. The maximum absolute atomic E-state index is 13.8. The van der Waals surface area contributed by atoms with Crippen LogP contribution in [0.1, 0.15) is 38.2 Å². The van der Waals surface area contributed by atoms with Gasteiger partial charge in [0.15, 0.2) is 0 Å². The lowest BCUT2D eigenvalue weighted by atomic mass is 9.95. The monoisotopic (exact) mass is 415 g/mol. The normalized spacial score (nSPS) is 13.7. The van der Waals surface area contributed by atoms with Gasteiger partial charge >= 0.3 is 6.18 Å². The largest absolute Gasteiger partial charge is 0.416 e. The molecule has 1 aliphatic heterocycles. The lowest BCUT2D eigenvalue weighted by molar-refractivity contribution is -0.137. The number of fused-ring (bicyclic) bond motifs is 1. The summed E-state index contributed by atoms with van der Waals surface area (Å²) >= 11 is 0. The molecule has 0 saturated heterocycles. The molecular formula is C22H17F4N3O. The fourth-order valence-corrected chi connectivity index (χ4v) is 3.60. The van der Waals surface area contributed by atoms with Crippen molar-refractivity contribution in [3.8, 4) is 11.4 Å². The molecule has 0 saturated carbocycles. The predicted molar refractivity (Wildman–Crippen MR) is 102 cm³/mol. The second kappa shape index (κ2) is 7.51. The number of hydrogen-bond acceptors (Lipinski definition) is 3. The standard InChI is InChI=1S/C22H17F4N3O/c1-12-11-29-19(20-17-2-5-28-21(30)18(17)3-4-27-20)9-14(12)6-13-7-15(22(24,25)26)10-16(23)8-13/h3-4,7-11H,2,5-6H2,1H3,(H,28,30). The number of nitrogens with one attached hydrogen (secondary N) is 1. The molecule has 0 aliphatic carbocycles. The Balaban J connectivity index is 1.74. The SMILES string of the molecule is Cc1cnc(-c2nccc3c2CCNC3=O)cc1Cc1cc(F)cc(C(F)(F)F)c1. The van der Waals surface area contributed by atoms with Crippen molar-refractivity contribution >= 4 is 5.91 Å². The smallest absolute Gasteiger partial charge is 0.352 e. The number of amides is 1. The topological polar surface area (TPSA) is 54.9 Å². The molecule has 1 N–H and O–H groups in total. The summed E-state index contributed by atoms with van der Waals surface area (Å²) in [4.78, 5) is 20.9. The van der Waals surface area contributed by atoms with E-state index in [0.717, 1.165) is 23.3 Å². The predicted octanol–water partition coefficient (Wildman–Crippen LogP) is 4.49. The first-order valence-corrected chi connectivity index (χ1v) is 9.31. The Morgan fingerprint density at radius 3 is 2.70 bits per heavy atom. The summed E-state index contributed by atoms with van der Waals surface area (Å²) in [6.07, 6.45) is -0.768. The van der Waals surface area contributed by atoms with Crippen LogP contribution in [0.15, 0.2) is 42.7 Å². The average Bonchev–Trinajstić information content (AvgIpc) is 2.69. The number of benzene rings is 1. The molecule has 0 bridgehead atoms. The fourth-order valence-electron chi connectivity index (χ4n) is 3.60. The van der Waals surface area contributed by atoms with E-state index in [9.17, 15) is 22.4 Å². The van der Waals surface area contributed by atoms with Crippen LogP contribution < -0.4 is 5.32 Å². The van der Waals surface area contributed by atoms with Crippen molar-refractivity contribution in [2.24, 2.45) is 0 Å². The van der Waals surface area contributed by atoms with E-state index in [2.05, 4.69) is 15.3 Å². The van der Waals surface area contributed by atoms with Crippen molar-refractivity contribution in [2.45, 2.75) is 25.9 Å². The molecule has 0 unspecified atom stereocenters. The Morgan fingerprint density at radius 2 is 1.93 bits per heavy atom. The molecule has 0 spiro atoms. The zero-order valence-corrected chi connectivity index (χ0v) is 16.0. The number of alkyl halides is 3. The zero-order valence-electron chi connectivity index (χ0n) is 16.0. The van der Waals surface area contributed by atoms with Crippen LogP contribution >= 0.6 is 0 Å². The lowest BCUT2D eigenvalue weighted by Crippen LogP contribution is -2.32. The lowest BCUT2D eigenvalue weighted by Gasteiger charge is -2.19. The first kappa shape index (κ1) is 20.0. The molecule has 3 aromatic rings. The maximum Gasteiger partial charge on any atom is 0.416 e. The van der Waals surface area contributed by atoms with Gasteiger partial charge in [0, 0.05) is 24.5 Å². The summed E-state index contributed by atoms with van der Waals surface area (Å²) in [5.74, 6) is -1.11. The van der Waals surface area contributed by atoms with Crippen LogP contribution in [0.4, 0.5) is 17.6 Å². The van der Waals surface area contributed by atoms with Gasteiger partial charge in [-0.2, -0.15) is 13.2 Å². The van der Waals surface area contributed by atoms with Gasteiger partial charge in [0.05, 0.1) is 17.0 Å². The third-order valence-corrected chi connectivity index (χ3v) is 5.10. The van der Waals surface area contributed by atoms with Crippen molar-refractivity contribution in [1.82, 2.24) is 15.3 Å². The van der Waals surface area contributed by atoms with E-state index in [1.54, 1.807) is 25.3 Å². The van der Waals surface area contributed by atoms with Gasteiger partial charge in [0.25, 0.3) is 5.91 Å². The second-order valence-corrected chi connectivity index (χ2v) is 7.21. The summed E-state index contributed by atoms with van der Waals surface area (Å²) in [7, 11) is 0. The van der Waals surface area contributed by atoms with Crippen LogP contribution in [0.2, 0.25) is 0 Å². The Labute approximate surface area is 170 Å². The third-order valence-electron chi connectivity index (χ3n) is 5.10. The van der Waals surface area contributed by atoms with Crippen molar-refractivity contribution in [3.63, 3.8) is 0 Å². The van der Waals surface area contributed by atoms with E-state index in [1.807, 2.05) is 0 Å². The quantitative estimate of drug-likeness (QED) is 0.642. The molecule has 0 fully saturated rings. The third kappa shape index (κ3) is 3.90. The molecule has 2 aromatic heterocycles. The fraction of sp³-hybridized carbons (Fsp3) is 0.227. The number of halogens is 4. The Bertz CT molecular complexity index is 1140. The molecule has 8 heteroatoms. The van der Waals surface area contributed by atoms with Gasteiger partial charge in [-0.05, 0) is 72.4 Å². The van der Waals surface area contributed by atoms with E-state index < -0.39 is 17.6 Å². The highest BCUT2D eigenvalue weighted by Crippen LogP contribution is 2.32. The van der Waals surface area contributed by atoms with Gasteiger partial charge in [-0.25, -0.2) is 4.39 Å². The van der Waals surface area contributed by atoms with Crippen molar-refractivity contribution < 1.29 is 22.4 Å². The maximum atomic E-state index is 13.8. The number of carbonyl (C=O) groups is 1. The summed E-state index contributed by atoms with van der Waals surface area (Å²) < 4.78 is 52.8. The van der Waals surface area contributed by atoms with Gasteiger partial charge in [-0.3, -0.25) is 14.8 Å². The van der Waals surface area contributed by atoms with E-state index in [1.165, 1.54) is 6.20 Å². The van der Waals surface area contributed by atoms with Gasteiger partial charge in [-0.15, -0.1) is 0 Å². The van der Waals surface area contributed by atoms with Gasteiger partial charge in [-0.1, -0.05) is 0 Å². The van der Waals surface area contributed by atoms with Crippen molar-refractivity contribution in [1.29, 1.82) is 0 Å². The van der Waals surface area contributed by atoms with E-state index in [0.29, 0.717) is 41.5 Å². The molecule has 1 amide bonds. The number of hydrogen-bond donors (Lipinski definition) is 1. The molecule has 1 aromatic carbocycles. The number of pyridine rings is 2. The minimum Gasteiger partial charge on any atom is -0.352 e. The highest BCUT2D eigenvalue weighted by molar-refractivity contribution is 5.98. The van der Waals surface area contributed by atoms with Crippen LogP contribution in [0, 0.1) is 12.7 Å². The number of rotatable bonds is 3. The number of aryl methyl sites for hydroxylation is 1. The average molecular weight is 415 g/mol. The first-order chi connectivity index (χ1) is 14.2. The van der Waals surface area contributed by atoms with Crippen LogP contribution in [0.5, 0.6) is 0 Å². The Morgan fingerprint density at radius 1 is 1.13 bits per heavy atom. The van der Waals surface area contributed by atoms with E-state index in [4.69, 9.17) is 0 Å². The number of aromatic nitrogens is 2. The zero-order chi connectivity index (χ0) is 21.5. The molecule has 4 nitrogen and oxygen atoms in total. The van der Waals surface area contributed by atoms with Crippen molar-refractivity contribution in [2.75, 3.05) is 6.54 Å². The minimum absolute atomic E-state index is 0.109. The van der Waals surface area contributed by atoms with Crippen molar-refractivity contribution in [3.05, 3.63) is 81.9 Å². The van der Waals surface area contributed by atoms with Gasteiger partial charge in [0.1, 0.15) is 5.82 Å². The molecule has 30 heavy (non-hydrogen) atoms. The number of carbonyl (C=O) groups excluding carboxylic acids is 1. The minimum atomic E-state index is -4.62. The highest BCUT2D eigenvalue weighted by Gasteiger charge is 2.31. The van der Waals surface area contributed by atoms with E-state index in [-0.39, 0.29) is 17.9 Å². The number of nitrogens with zero attached hydrogens (tertiary/aromatic N) is 2. The summed E-state index contributed by atoms with van der Waals surface area (Å²) in [5, 5.41) is 2.78. The van der Waals surface area contributed by atoms with Gasteiger partial charge < -0.3 is 5.32 Å². The molecule has 0 radical (unpaired) electrons. The van der Waals surface area contributed by atoms with Crippen LogP contribution in [0.3, 0.4) is 0 Å². The first-order valence-electron chi connectivity index (χ1n) is 9.31. The molecule has 3 heterocycles. The Hall–Kier alpha value is -3.29. The van der Waals surface area contributed by atoms with Gasteiger partial charge in [0.2, 0.25) is 0 Å². The second-order valence-electron chi connectivity index (χ2n) is 7.21. The molecule has 1 aliphatic rings. The molecule has 154 valence electrons.